The highest BCUT2D eigenvalue weighted by Crippen LogP contribution is 2.18. The van der Waals surface area contributed by atoms with Gasteiger partial charge >= 0.3 is 0 Å². The molecule has 0 bridgehead atoms. The minimum atomic E-state index is -3.32. The van der Waals surface area contributed by atoms with E-state index in [-0.39, 0.29) is 11.6 Å². The van der Waals surface area contributed by atoms with Gasteiger partial charge in [-0.2, -0.15) is 4.31 Å². The fraction of sp³-hybridized carbons (Fsp3) is 0.583. The van der Waals surface area contributed by atoms with Crippen LogP contribution >= 0.6 is 11.6 Å². The van der Waals surface area contributed by atoms with Gasteiger partial charge < -0.3 is 0 Å². The summed E-state index contributed by atoms with van der Waals surface area (Å²) in [5.41, 5.74) is 0.197. The zero-order valence-corrected chi connectivity index (χ0v) is 12.5. The quantitative estimate of drug-likeness (QED) is 0.752. The molecule has 0 saturated carbocycles. The van der Waals surface area contributed by atoms with E-state index in [1.54, 1.807) is 33.2 Å². The summed E-state index contributed by atoms with van der Waals surface area (Å²) in [5.74, 6) is 0.299. The predicted molar refractivity (Wildman–Crippen MR) is 74.3 cm³/mol. The molecular weight excluding hydrogens is 272 g/mol. The Kier molecular flexibility index (Phi) is 5.13. The molecule has 102 valence electrons. The smallest absolute Gasteiger partial charge is 0.214 e. The minimum Gasteiger partial charge on any atom is -0.261 e. The number of hydrogen-bond acceptors (Lipinski definition) is 3. The highest BCUT2D eigenvalue weighted by atomic mass is 35.5. The van der Waals surface area contributed by atoms with E-state index in [9.17, 15) is 8.42 Å². The van der Waals surface area contributed by atoms with Gasteiger partial charge in [0.1, 0.15) is 0 Å². The van der Waals surface area contributed by atoms with Gasteiger partial charge in [-0.05, 0) is 26.0 Å². The minimum absolute atomic E-state index is 0.0425. The molecule has 4 nitrogen and oxygen atoms in total. The molecule has 18 heavy (non-hydrogen) atoms. The molecule has 0 aliphatic heterocycles. The second kappa shape index (κ2) is 5.99. The largest absolute Gasteiger partial charge is 0.261 e. The van der Waals surface area contributed by atoms with E-state index < -0.39 is 15.6 Å². The molecule has 0 spiro atoms. The molecule has 0 aromatic carbocycles. The van der Waals surface area contributed by atoms with Crippen molar-refractivity contribution in [3.8, 4) is 0 Å². The van der Waals surface area contributed by atoms with Gasteiger partial charge in [0.15, 0.2) is 0 Å². The Morgan fingerprint density at radius 1 is 1.39 bits per heavy atom. The second-order valence-electron chi connectivity index (χ2n) is 4.80. The van der Waals surface area contributed by atoms with Crippen molar-refractivity contribution in [3.63, 3.8) is 0 Å². The molecule has 1 rings (SSSR count). The number of rotatable bonds is 6. The summed E-state index contributed by atoms with van der Waals surface area (Å²) in [6.45, 7) is 3.61. The summed E-state index contributed by atoms with van der Waals surface area (Å²) < 4.78 is 25.6. The molecule has 0 unspecified atom stereocenters. The molecule has 6 heteroatoms. The Balaban J connectivity index is 2.71. The molecule has 0 N–H and O–H groups in total. The summed E-state index contributed by atoms with van der Waals surface area (Å²) >= 11 is 5.79. The normalized spacial score (nSPS) is 12.9. The lowest BCUT2D eigenvalue weighted by molar-refractivity contribution is 0.296. The molecule has 1 heterocycles. The van der Waals surface area contributed by atoms with E-state index in [0.29, 0.717) is 6.42 Å². The van der Waals surface area contributed by atoms with Gasteiger partial charge in [-0.3, -0.25) is 4.98 Å². The topological polar surface area (TPSA) is 50.3 Å². The number of hydrogen-bond donors (Lipinski definition) is 0. The van der Waals surface area contributed by atoms with Crippen LogP contribution < -0.4 is 0 Å². The van der Waals surface area contributed by atoms with Gasteiger partial charge in [0.2, 0.25) is 10.0 Å². The zero-order chi connectivity index (χ0) is 13.8. The highest BCUT2D eigenvalue weighted by Gasteiger charge is 2.31. The maximum Gasteiger partial charge on any atom is 0.214 e. The Labute approximate surface area is 114 Å². The molecule has 0 fully saturated rings. The predicted octanol–water partition coefficient (Wildman–Crippen LogP) is 1.90. The molecular formula is C12H19ClN2O2S. The number of aromatic nitrogens is 1. The summed E-state index contributed by atoms with van der Waals surface area (Å²) in [7, 11) is -1.75. The molecule has 0 atom stereocenters. The van der Waals surface area contributed by atoms with E-state index in [1.165, 1.54) is 4.31 Å². The number of alkyl halides is 1. The van der Waals surface area contributed by atoms with Crippen LogP contribution in [0.25, 0.3) is 0 Å². The number of halogens is 1. The first kappa shape index (κ1) is 15.4. The first-order chi connectivity index (χ1) is 8.29. The lowest BCUT2D eigenvalue weighted by Crippen LogP contribution is -2.47. The van der Waals surface area contributed by atoms with Gasteiger partial charge in [0.05, 0.1) is 5.75 Å². The third kappa shape index (κ3) is 3.93. The molecule has 0 aliphatic rings. The van der Waals surface area contributed by atoms with Crippen LogP contribution in [0.3, 0.4) is 0 Å². The molecule has 0 amide bonds. The van der Waals surface area contributed by atoms with Gasteiger partial charge in [0, 0.05) is 36.8 Å². The average molecular weight is 291 g/mol. The first-order valence-electron chi connectivity index (χ1n) is 5.72. The average Bonchev–Trinajstić information content (AvgIpc) is 2.37. The SMILES string of the molecule is CN(C(C)(C)CCl)S(=O)(=O)CCc1ccccn1. The van der Waals surface area contributed by atoms with Gasteiger partial charge in [-0.15, -0.1) is 11.6 Å². The van der Waals surface area contributed by atoms with Crippen LogP contribution in [-0.2, 0) is 16.4 Å². The Hall–Kier alpha value is -0.650. The second-order valence-corrected chi connectivity index (χ2v) is 7.19. The molecule has 0 aliphatic carbocycles. The number of pyridine rings is 1. The van der Waals surface area contributed by atoms with E-state index in [0.717, 1.165) is 5.69 Å². The standard InChI is InChI=1S/C12H19ClN2O2S/c1-12(2,10-13)15(3)18(16,17)9-7-11-6-4-5-8-14-11/h4-6,8H,7,9-10H2,1-3H3. The lowest BCUT2D eigenvalue weighted by atomic mass is 10.1. The van der Waals surface area contributed by atoms with Crippen molar-refractivity contribution in [1.82, 2.24) is 9.29 Å². The third-order valence-corrected chi connectivity index (χ3v) is 5.64. The monoisotopic (exact) mass is 290 g/mol. The van der Waals surface area contributed by atoms with Crippen LogP contribution in [0, 0.1) is 0 Å². The van der Waals surface area contributed by atoms with E-state index >= 15 is 0 Å². The number of nitrogens with zero attached hydrogens (tertiary/aromatic N) is 2. The maximum atomic E-state index is 12.1. The van der Waals surface area contributed by atoms with Crippen LogP contribution in [0.15, 0.2) is 24.4 Å². The Morgan fingerprint density at radius 2 is 2.06 bits per heavy atom. The van der Waals surface area contributed by atoms with Crippen molar-refractivity contribution in [3.05, 3.63) is 30.1 Å². The first-order valence-corrected chi connectivity index (χ1v) is 7.86. The molecule has 1 aromatic rings. The molecule has 1 aromatic heterocycles. The van der Waals surface area contributed by atoms with Crippen molar-refractivity contribution in [1.29, 1.82) is 0 Å². The van der Waals surface area contributed by atoms with Crippen molar-refractivity contribution >= 4 is 21.6 Å². The Morgan fingerprint density at radius 3 is 2.56 bits per heavy atom. The van der Waals surface area contributed by atoms with E-state index in [2.05, 4.69) is 4.98 Å². The van der Waals surface area contributed by atoms with E-state index in [4.69, 9.17) is 11.6 Å². The van der Waals surface area contributed by atoms with E-state index in [1.807, 2.05) is 12.1 Å². The molecule has 0 saturated heterocycles. The summed E-state index contributed by atoms with van der Waals surface area (Å²) in [6, 6.07) is 5.48. The van der Waals surface area contributed by atoms with Crippen molar-refractivity contribution < 1.29 is 8.42 Å². The number of sulfonamides is 1. The summed E-state index contributed by atoms with van der Waals surface area (Å²) in [6.07, 6.45) is 2.07. The van der Waals surface area contributed by atoms with Crippen LogP contribution in [0.2, 0.25) is 0 Å². The van der Waals surface area contributed by atoms with Crippen molar-refractivity contribution in [2.24, 2.45) is 0 Å². The van der Waals surface area contributed by atoms with Crippen LogP contribution in [0.5, 0.6) is 0 Å². The van der Waals surface area contributed by atoms with Gasteiger partial charge in [-0.1, -0.05) is 6.07 Å². The van der Waals surface area contributed by atoms with Crippen molar-refractivity contribution in [2.75, 3.05) is 18.7 Å². The maximum absolute atomic E-state index is 12.1. The fourth-order valence-electron chi connectivity index (χ4n) is 1.38. The molecule has 0 radical (unpaired) electrons. The lowest BCUT2D eigenvalue weighted by Gasteiger charge is -2.32. The third-order valence-electron chi connectivity index (χ3n) is 2.94. The van der Waals surface area contributed by atoms with Crippen LogP contribution in [-0.4, -0.2) is 41.9 Å². The van der Waals surface area contributed by atoms with Crippen LogP contribution in [0.4, 0.5) is 0 Å². The van der Waals surface area contributed by atoms with Gasteiger partial charge in [-0.25, -0.2) is 8.42 Å². The zero-order valence-electron chi connectivity index (χ0n) is 10.9. The van der Waals surface area contributed by atoms with Crippen molar-refractivity contribution in [2.45, 2.75) is 25.8 Å². The summed E-state index contributed by atoms with van der Waals surface area (Å²) in [4.78, 5) is 4.11. The van der Waals surface area contributed by atoms with Gasteiger partial charge in [0.25, 0.3) is 0 Å². The fourth-order valence-corrected chi connectivity index (χ4v) is 3.19. The highest BCUT2D eigenvalue weighted by molar-refractivity contribution is 7.89. The summed E-state index contributed by atoms with van der Waals surface area (Å²) in [5, 5.41) is 0. The Bertz CT molecular complexity index is 474. The number of aryl methyl sites for hydroxylation is 1. The van der Waals surface area contributed by atoms with Crippen LogP contribution in [0.1, 0.15) is 19.5 Å².